The number of hydrogen-bond acceptors (Lipinski definition) is 1. The lowest BCUT2D eigenvalue weighted by molar-refractivity contribution is -0.122. The van der Waals surface area contributed by atoms with Gasteiger partial charge in [0.15, 0.2) is 0 Å². The second kappa shape index (κ2) is 4.43. The topological polar surface area (TPSA) is 29.1 Å². The fourth-order valence-corrected chi connectivity index (χ4v) is 1.54. The minimum absolute atomic E-state index is 0.140. The van der Waals surface area contributed by atoms with Crippen LogP contribution in [0.25, 0.3) is 0 Å². The van der Waals surface area contributed by atoms with Crippen molar-refractivity contribution in [2.75, 3.05) is 6.54 Å². The van der Waals surface area contributed by atoms with Crippen LogP contribution in [-0.4, -0.2) is 18.6 Å². The van der Waals surface area contributed by atoms with Gasteiger partial charge in [-0.25, -0.2) is 4.39 Å². The van der Waals surface area contributed by atoms with E-state index in [9.17, 15) is 9.18 Å². The van der Waals surface area contributed by atoms with Gasteiger partial charge < -0.3 is 5.32 Å². The lowest BCUT2D eigenvalue weighted by Gasteiger charge is -2.03. The van der Waals surface area contributed by atoms with Crippen LogP contribution in [0.15, 0.2) is 30.3 Å². The van der Waals surface area contributed by atoms with Crippen molar-refractivity contribution in [2.24, 2.45) is 5.92 Å². The third kappa shape index (κ3) is 2.78. The van der Waals surface area contributed by atoms with E-state index in [0.29, 0.717) is 13.0 Å². The summed E-state index contributed by atoms with van der Waals surface area (Å²) in [5.41, 5.74) is 1.19. The number of halogens is 1. The Morgan fingerprint density at radius 1 is 1.40 bits per heavy atom. The number of hydrogen-bond donors (Lipinski definition) is 1. The van der Waals surface area contributed by atoms with E-state index in [0.717, 1.165) is 6.42 Å². The molecule has 1 fully saturated rings. The van der Waals surface area contributed by atoms with Crippen LogP contribution >= 0.6 is 0 Å². The highest BCUT2D eigenvalue weighted by molar-refractivity contribution is 5.81. The van der Waals surface area contributed by atoms with E-state index in [1.54, 1.807) is 0 Å². The van der Waals surface area contributed by atoms with Crippen molar-refractivity contribution >= 4 is 5.91 Å². The second-order valence-corrected chi connectivity index (χ2v) is 3.88. The Balaban J connectivity index is 1.69. The molecule has 0 spiro atoms. The summed E-state index contributed by atoms with van der Waals surface area (Å²) in [5, 5.41) is 2.74. The Labute approximate surface area is 88.5 Å². The fraction of sp³-hybridized carbons (Fsp3) is 0.417. The zero-order valence-electron chi connectivity index (χ0n) is 8.45. The molecule has 1 aliphatic rings. The largest absolute Gasteiger partial charge is 0.355 e. The molecule has 1 N–H and O–H groups in total. The number of rotatable bonds is 4. The van der Waals surface area contributed by atoms with Crippen LogP contribution < -0.4 is 5.32 Å². The van der Waals surface area contributed by atoms with Gasteiger partial charge in [-0.15, -0.1) is 0 Å². The van der Waals surface area contributed by atoms with Gasteiger partial charge in [-0.1, -0.05) is 30.3 Å². The average Bonchev–Trinajstić information content (AvgIpc) is 2.97. The van der Waals surface area contributed by atoms with Crippen molar-refractivity contribution in [3.8, 4) is 0 Å². The van der Waals surface area contributed by atoms with E-state index >= 15 is 0 Å². The molecule has 1 aromatic carbocycles. The second-order valence-electron chi connectivity index (χ2n) is 3.88. The quantitative estimate of drug-likeness (QED) is 0.800. The zero-order valence-corrected chi connectivity index (χ0v) is 8.45. The van der Waals surface area contributed by atoms with Gasteiger partial charge >= 0.3 is 0 Å². The van der Waals surface area contributed by atoms with E-state index in [-0.39, 0.29) is 11.8 Å². The van der Waals surface area contributed by atoms with Crippen LogP contribution in [0.2, 0.25) is 0 Å². The van der Waals surface area contributed by atoms with Crippen LogP contribution in [0.3, 0.4) is 0 Å². The summed E-state index contributed by atoms with van der Waals surface area (Å²) >= 11 is 0. The van der Waals surface area contributed by atoms with Crippen molar-refractivity contribution < 1.29 is 9.18 Å². The van der Waals surface area contributed by atoms with Crippen LogP contribution in [-0.2, 0) is 11.2 Å². The molecule has 1 aromatic rings. The minimum Gasteiger partial charge on any atom is -0.355 e. The minimum atomic E-state index is -0.901. The Kier molecular flexibility index (Phi) is 2.99. The van der Waals surface area contributed by atoms with E-state index < -0.39 is 6.17 Å². The number of amides is 1. The predicted octanol–water partition coefficient (Wildman–Crippen LogP) is 1.70. The standard InChI is InChI=1S/C12H14FNO/c13-11-8-10(11)12(15)14-7-6-9-4-2-1-3-5-9/h1-5,10-11H,6-8H2,(H,14,15)/t10-,11+/m0/s1. The molecule has 2 atom stereocenters. The van der Waals surface area contributed by atoms with Gasteiger partial charge in [-0.2, -0.15) is 0 Å². The molecule has 1 amide bonds. The molecule has 2 nitrogen and oxygen atoms in total. The van der Waals surface area contributed by atoms with Crippen molar-refractivity contribution in [1.29, 1.82) is 0 Å². The SMILES string of the molecule is O=C(NCCc1ccccc1)[C@H]1C[C@H]1F. The maximum Gasteiger partial charge on any atom is 0.226 e. The molecule has 80 valence electrons. The predicted molar refractivity (Wildman–Crippen MR) is 56.2 cm³/mol. The average molecular weight is 207 g/mol. The highest BCUT2D eigenvalue weighted by atomic mass is 19.1. The maximum absolute atomic E-state index is 12.5. The van der Waals surface area contributed by atoms with Crippen molar-refractivity contribution in [2.45, 2.75) is 19.0 Å². The molecule has 0 aromatic heterocycles. The molecule has 1 aliphatic carbocycles. The van der Waals surface area contributed by atoms with Gasteiger partial charge in [0.1, 0.15) is 6.17 Å². The smallest absolute Gasteiger partial charge is 0.226 e. The van der Waals surface area contributed by atoms with Crippen LogP contribution in [0.5, 0.6) is 0 Å². The van der Waals surface area contributed by atoms with Gasteiger partial charge in [0.2, 0.25) is 5.91 Å². The van der Waals surface area contributed by atoms with Gasteiger partial charge in [-0.3, -0.25) is 4.79 Å². The number of benzene rings is 1. The third-order valence-electron chi connectivity index (χ3n) is 2.61. The summed E-state index contributed by atoms with van der Waals surface area (Å²) in [7, 11) is 0. The Morgan fingerprint density at radius 3 is 2.67 bits per heavy atom. The summed E-state index contributed by atoms with van der Waals surface area (Å²) in [5.74, 6) is -0.515. The Hall–Kier alpha value is -1.38. The van der Waals surface area contributed by atoms with E-state index in [2.05, 4.69) is 5.32 Å². The van der Waals surface area contributed by atoms with E-state index in [4.69, 9.17) is 0 Å². The lowest BCUT2D eigenvalue weighted by Crippen LogP contribution is -2.27. The van der Waals surface area contributed by atoms with Crippen LogP contribution in [0, 0.1) is 5.92 Å². The van der Waals surface area contributed by atoms with Crippen molar-refractivity contribution in [1.82, 2.24) is 5.32 Å². The summed E-state index contributed by atoms with van der Waals surface area (Å²) in [6.07, 6.45) is 0.301. The van der Waals surface area contributed by atoms with Gasteiger partial charge in [0.05, 0.1) is 5.92 Å². The molecular weight excluding hydrogens is 193 g/mol. The van der Waals surface area contributed by atoms with Gasteiger partial charge in [0, 0.05) is 6.54 Å². The normalized spacial score (nSPS) is 23.5. The van der Waals surface area contributed by atoms with E-state index in [1.165, 1.54) is 5.56 Å². The molecule has 0 radical (unpaired) electrons. The summed E-state index contributed by atoms with van der Waals surface area (Å²) in [6.45, 7) is 0.589. The first-order valence-corrected chi connectivity index (χ1v) is 5.23. The Bertz CT molecular complexity index is 339. The van der Waals surface area contributed by atoms with Crippen LogP contribution in [0.4, 0.5) is 4.39 Å². The first kappa shape index (κ1) is 10.1. The van der Waals surface area contributed by atoms with Crippen LogP contribution in [0.1, 0.15) is 12.0 Å². The molecule has 0 aliphatic heterocycles. The number of carbonyl (C=O) groups excluding carboxylic acids is 1. The molecule has 0 heterocycles. The maximum atomic E-state index is 12.5. The summed E-state index contributed by atoms with van der Waals surface area (Å²) < 4.78 is 12.5. The monoisotopic (exact) mass is 207 g/mol. The molecule has 0 bridgehead atoms. The number of carbonyl (C=O) groups is 1. The lowest BCUT2D eigenvalue weighted by atomic mass is 10.1. The highest BCUT2D eigenvalue weighted by Crippen LogP contribution is 2.33. The molecule has 1 saturated carbocycles. The van der Waals surface area contributed by atoms with Crippen molar-refractivity contribution in [3.63, 3.8) is 0 Å². The zero-order chi connectivity index (χ0) is 10.7. The number of alkyl halides is 1. The first-order valence-electron chi connectivity index (χ1n) is 5.23. The number of nitrogens with one attached hydrogen (secondary N) is 1. The molecule has 15 heavy (non-hydrogen) atoms. The van der Waals surface area contributed by atoms with Gasteiger partial charge in [-0.05, 0) is 18.4 Å². The summed E-state index contributed by atoms with van der Waals surface area (Å²) in [6, 6.07) is 9.92. The molecule has 0 saturated heterocycles. The van der Waals surface area contributed by atoms with E-state index in [1.807, 2.05) is 30.3 Å². The fourth-order valence-electron chi connectivity index (χ4n) is 1.54. The molecule has 0 unspecified atom stereocenters. The third-order valence-corrected chi connectivity index (χ3v) is 2.61. The molecule has 2 rings (SSSR count). The highest BCUT2D eigenvalue weighted by Gasteiger charge is 2.43. The Morgan fingerprint density at radius 2 is 2.07 bits per heavy atom. The van der Waals surface area contributed by atoms with Gasteiger partial charge in [0.25, 0.3) is 0 Å². The molecule has 3 heteroatoms. The first-order chi connectivity index (χ1) is 7.27. The van der Waals surface area contributed by atoms with Crippen molar-refractivity contribution in [3.05, 3.63) is 35.9 Å². The summed E-state index contributed by atoms with van der Waals surface area (Å²) in [4.78, 5) is 11.3. The molecular formula is C12H14FNO.